The Kier molecular flexibility index (Phi) is 2.83. The second kappa shape index (κ2) is 3.92. The van der Waals surface area contributed by atoms with E-state index in [4.69, 9.17) is 0 Å². The molecule has 1 saturated heterocycles. The van der Waals surface area contributed by atoms with Crippen molar-refractivity contribution in [3.05, 3.63) is 0 Å². The highest BCUT2D eigenvalue weighted by atomic mass is 32.2. The normalized spacial score (nSPS) is 34.2. The van der Waals surface area contributed by atoms with Crippen molar-refractivity contribution < 1.29 is 4.79 Å². The molecular formula is C8H12N2OS2. The van der Waals surface area contributed by atoms with Gasteiger partial charge in [-0.05, 0) is 6.92 Å². The second-order valence-electron chi connectivity index (χ2n) is 3.11. The zero-order valence-corrected chi connectivity index (χ0v) is 9.08. The van der Waals surface area contributed by atoms with Gasteiger partial charge in [0.15, 0.2) is 0 Å². The monoisotopic (exact) mass is 216 g/mol. The summed E-state index contributed by atoms with van der Waals surface area (Å²) in [7, 11) is 0. The first-order chi connectivity index (χ1) is 6.27. The van der Waals surface area contributed by atoms with E-state index in [0.29, 0.717) is 5.25 Å². The topological polar surface area (TPSA) is 41.5 Å². The first-order valence-corrected chi connectivity index (χ1v) is 6.55. The van der Waals surface area contributed by atoms with Crippen LogP contribution in [0, 0.1) is 0 Å². The summed E-state index contributed by atoms with van der Waals surface area (Å²) in [5.74, 6) is 4.41. The first kappa shape index (κ1) is 9.40. The van der Waals surface area contributed by atoms with Crippen molar-refractivity contribution in [2.24, 2.45) is 4.99 Å². The van der Waals surface area contributed by atoms with E-state index < -0.39 is 0 Å². The molecule has 2 rings (SSSR count). The molecule has 0 radical (unpaired) electrons. The molecular weight excluding hydrogens is 204 g/mol. The maximum Gasteiger partial charge on any atom is 0.249 e. The Morgan fingerprint density at radius 3 is 2.92 bits per heavy atom. The third kappa shape index (κ3) is 2.02. The summed E-state index contributed by atoms with van der Waals surface area (Å²) >= 11 is 3.84. The fourth-order valence-corrected chi connectivity index (χ4v) is 3.97. The molecule has 0 bridgehead atoms. The fourth-order valence-electron chi connectivity index (χ4n) is 1.34. The number of nitrogens with one attached hydrogen (secondary N) is 1. The highest BCUT2D eigenvalue weighted by Crippen LogP contribution is 2.25. The van der Waals surface area contributed by atoms with Gasteiger partial charge in [-0.15, -0.1) is 11.8 Å². The van der Waals surface area contributed by atoms with Crippen LogP contribution in [-0.4, -0.2) is 40.3 Å². The lowest BCUT2D eigenvalue weighted by Crippen LogP contribution is -2.36. The minimum Gasteiger partial charge on any atom is -0.312 e. The molecule has 13 heavy (non-hydrogen) atoms. The average Bonchev–Trinajstić information content (AvgIpc) is 2.49. The lowest BCUT2D eigenvalue weighted by Gasteiger charge is -2.20. The third-order valence-electron chi connectivity index (χ3n) is 2.08. The molecule has 5 heteroatoms. The molecule has 1 amide bonds. The standard InChI is InChI=1S/C8H12N2OS2/c1-5-8(11)10-7(9-5)6-4-12-2-3-13-6/h5-6H,2-4H2,1H3,(H,9,10,11). The van der Waals surface area contributed by atoms with Crippen LogP contribution in [0.25, 0.3) is 0 Å². The summed E-state index contributed by atoms with van der Waals surface area (Å²) in [5.41, 5.74) is 0. The molecule has 2 aliphatic rings. The van der Waals surface area contributed by atoms with Gasteiger partial charge in [-0.3, -0.25) is 9.79 Å². The van der Waals surface area contributed by atoms with E-state index in [2.05, 4.69) is 10.3 Å². The van der Waals surface area contributed by atoms with Crippen molar-refractivity contribution in [1.29, 1.82) is 0 Å². The van der Waals surface area contributed by atoms with E-state index in [9.17, 15) is 4.79 Å². The van der Waals surface area contributed by atoms with Crippen LogP contribution in [0.1, 0.15) is 6.92 Å². The Hall–Kier alpha value is -0.160. The van der Waals surface area contributed by atoms with Crippen LogP contribution in [0.2, 0.25) is 0 Å². The summed E-state index contributed by atoms with van der Waals surface area (Å²) < 4.78 is 0. The summed E-state index contributed by atoms with van der Waals surface area (Å²) in [5, 5.41) is 3.26. The predicted molar refractivity (Wildman–Crippen MR) is 58.6 cm³/mol. The number of rotatable bonds is 1. The minimum absolute atomic E-state index is 0.0474. The number of carbonyl (C=O) groups excluding carboxylic acids is 1. The third-order valence-corrected chi connectivity index (χ3v) is 4.85. The van der Waals surface area contributed by atoms with Gasteiger partial charge >= 0.3 is 0 Å². The van der Waals surface area contributed by atoms with Crippen LogP contribution in [-0.2, 0) is 4.79 Å². The van der Waals surface area contributed by atoms with E-state index in [1.165, 1.54) is 11.5 Å². The highest BCUT2D eigenvalue weighted by Gasteiger charge is 2.28. The number of carbonyl (C=O) groups is 1. The maximum atomic E-state index is 11.2. The van der Waals surface area contributed by atoms with Gasteiger partial charge in [0, 0.05) is 17.3 Å². The Morgan fingerprint density at radius 1 is 1.54 bits per heavy atom. The van der Waals surface area contributed by atoms with Crippen molar-refractivity contribution in [1.82, 2.24) is 5.32 Å². The minimum atomic E-state index is -0.178. The number of hydrogen-bond donors (Lipinski definition) is 1. The van der Waals surface area contributed by atoms with Crippen LogP contribution < -0.4 is 5.32 Å². The Balaban J connectivity index is 2.00. The van der Waals surface area contributed by atoms with Crippen LogP contribution in [0.15, 0.2) is 4.99 Å². The summed E-state index contributed by atoms with van der Waals surface area (Å²) in [6.07, 6.45) is 0. The molecule has 1 fully saturated rings. The molecule has 2 atom stereocenters. The second-order valence-corrected chi connectivity index (χ2v) is 5.57. The number of amidine groups is 1. The fraction of sp³-hybridized carbons (Fsp3) is 0.750. The van der Waals surface area contributed by atoms with E-state index in [0.717, 1.165) is 11.6 Å². The summed E-state index contributed by atoms with van der Waals surface area (Å²) in [6, 6.07) is -0.178. The molecule has 0 aromatic rings. The Labute approximate surface area is 86.1 Å². The number of nitrogens with zero attached hydrogens (tertiary/aromatic N) is 1. The SMILES string of the molecule is CC1N=C(C2CSCCS2)NC1=O. The lowest BCUT2D eigenvalue weighted by molar-refractivity contribution is -0.119. The zero-order chi connectivity index (χ0) is 9.26. The molecule has 2 heterocycles. The largest absolute Gasteiger partial charge is 0.312 e. The quantitative estimate of drug-likeness (QED) is 0.703. The number of thioether (sulfide) groups is 2. The van der Waals surface area contributed by atoms with Gasteiger partial charge < -0.3 is 5.32 Å². The molecule has 0 saturated carbocycles. The van der Waals surface area contributed by atoms with Gasteiger partial charge in [0.25, 0.3) is 0 Å². The van der Waals surface area contributed by atoms with Gasteiger partial charge in [0.1, 0.15) is 11.9 Å². The van der Waals surface area contributed by atoms with Crippen molar-refractivity contribution in [2.75, 3.05) is 17.3 Å². The van der Waals surface area contributed by atoms with Crippen molar-refractivity contribution in [3.8, 4) is 0 Å². The van der Waals surface area contributed by atoms with Gasteiger partial charge in [0.2, 0.25) is 5.91 Å². The first-order valence-electron chi connectivity index (χ1n) is 4.35. The van der Waals surface area contributed by atoms with Gasteiger partial charge in [-0.1, -0.05) is 0 Å². The predicted octanol–water partition coefficient (Wildman–Crippen LogP) is 0.752. The number of amides is 1. The summed E-state index contributed by atoms with van der Waals surface area (Å²) in [6.45, 7) is 1.84. The van der Waals surface area contributed by atoms with Crippen LogP contribution in [0.4, 0.5) is 0 Å². The molecule has 0 aromatic carbocycles. The van der Waals surface area contributed by atoms with Crippen molar-refractivity contribution >= 4 is 35.3 Å². The highest BCUT2D eigenvalue weighted by molar-refractivity contribution is 8.07. The average molecular weight is 216 g/mol. The number of aliphatic imine (C=N–C) groups is 1. The molecule has 0 aliphatic carbocycles. The molecule has 2 unspecified atom stereocenters. The Morgan fingerprint density at radius 2 is 2.38 bits per heavy atom. The molecule has 3 nitrogen and oxygen atoms in total. The molecule has 2 aliphatic heterocycles. The molecule has 72 valence electrons. The van der Waals surface area contributed by atoms with Gasteiger partial charge in [0.05, 0.1) is 5.25 Å². The van der Waals surface area contributed by atoms with E-state index in [1.54, 1.807) is 0 Å². The van der Waals surface area contributed by atoms with Gasteiger partial charge in [-0.2, -0.15) is 11.8 Å². The van der Waals surface area contributed by atoms with E-state index in [-0.39, 0.29) is 11.9 Å². The van der Waals surface area contributed by atoms with Crippen molar-refractivity contribution in [2.45, 2.75) is 18.2 Å². The van der Waals surface area contributed by atoms with Gasteiger partial charge in [-0.25, -0.2) is 0 Å². The van der Waals surface area contributed by atoms with Crippen LogP contribution >= 0.6 is 23.5 Å². The summed E-state index contributed by atoms with van der Waals surface area (Å²) in [4.78, 5) is 15.5. The lowest BCUT2D eigenvalue weighted by atomic mass is 10.4. The van der Waals surface area contributed by atoms with E-state index in [1.807, 2.05) is 30.4 Å². The van der Waals surface area contributed by atoms with E-state index >= 15 is 0 Å². The number of hydrogen-bond acceptors (Lipinski definition) is 4. The molecule has 0 spiro atoms. The van der Waals surface area contributed by atoms with Crippen LogP contribution in [0.5, 0.6) is 0 Å². The smallest absolute Gasteiger partial charge is 0.249 e. The molecule has 1 N–H and O–H groups in total. The maximum absolute atomic E-state index is 11.2. The zero-order valence-electron chi connectivity index (χ0n) is 7.45. The van der Waals surface area contributed by atoms with Crippen LogP contribution in [0.3, 0.4) is 0 Å². The van der Waals surface area contributed by atoms with Crippen molar-refractivity contribution in [3.63, 3.8) is 0 Å². The Bertz CT molecular complexity index is 249. The molecule has 0 aromatic heterocycles.